The molecule has 1 aromatic heterocycles. The van der Waals surface area contributed by atoms with E-state index in [1.165, 1.54) is 6.07 Å². The Morgan fingerprint density at radius 1 is 1.19 bits per heavy atom. The molecular formula is C16H21FN4. The van der Waals surface area contributed by atoms with Crippen molar-refractivity contribution in [2.24, 2.45) is 0 Å². The van der Waals surface area contributed by atoms with Gasteiger partial charge in [0.2, 0.25) is 0 Å². The fourth-order valence-electron chi connectivity index (χ4n) is 2.21. The first-order chi connectivity index (χ1) is 10.1. The first-order valence-electron chi connectivity index (χ1n) is 7.21. The van der Waals surface area contributed by atoms with Crippen LogP contribution in [0.3, 0.4) is 0 Å². The summed E-state index contributed by atoms with van der Waals surface area (Å²) in [4.78, 5) is 8.63. The Kier molecular flexibility index (Phi) is 5.09. The average Bonchev–Trinajstić information content (AvgIpc) is 2.41. The molecule has 0 aliphatic rings. The maximum absolute atomic E-state index is 13.0. The number of nitrogen functional groups attached to an aromatic ring is 1. The lowest BCUT2D eigenvalue weighted by molar-refractivity contribution is 0.625. The van der Waals surface area contributed by atoms with E-state index in [2.05, 4.69) is 22.2 Å². The largest absolute Gasteiger partial charge is 0.384 e. The normalized spacial score (nSPS) is 10.6. The monoisotopic (exact) mass is 288 g/mol. The Balaban J connectivity index is 1.96. The number of hydrogen-bond acceptors (Lipinski definition) is 4. The second-order valence-electron chi connectivity index (χ2n) is 5.09. The molecule has 0 unspecified atom stereocenters. The van der Waals surface area contributed by atoms with Crippen molar-refractivity contribution in [3.8, 4) is 0 Å². The molecule has 0 fully saturated rings. The summed E-state index contributed by atoms with van der Waals surface area (Å²) in [6.45, 7) is 4.71. The van der Waals surface area contributed by atoms with E-state index in [1.54, 1.807) is 12.1 Å². The number of nitrogens with zero attached hydrogens (tertiary/aromatic N) is 2. The van der Waals surface area contributed by atoms with E-state index >= 15 is 0 Å². The fourth-order valence-corrected chi connectivity index (χ4v) is 2.21. The molecule has 0 bridgehead atoms. The molecule has 21 heavy (non-hydrogen) atoms. The fraction of sp³-hybridized carbons (Fsp3) is 0.375. The van der Waals surface area contributed by atoms with Crippen molar-refractivity contribution in [3.63, 3.8) is 0 Å². The summed E-state index contributed by atoms with van der Waals surface area (Å²) in [5.41, 5.74) is 7.87. The Labute approximate surface area is 124 Å². The van der Waals surface area contributed by atoms with Crippen LogP contribution in [0, 0.1) is 12.7 Å². The molecule has 0 saturated heterocycles. The maximum atomic E-state index is 13.0. The minimum absolute atomic E-state index is 0.197. The Hall–Kier alpha value is -2.17. The molecule has 3 N–H and O–H groups in total. The van der Waals surface area contributed by atoms with E-state index in [9.17, 15) is 4.39 Å². The van der Waals surface area contributed by atoms with Crippen molar-refractivity contribution in [2.75, 3.05) is 17.6 Å². The van der Waals surface area contributed by atoms with Crippen LogP contribution in [0.2, 0.25) is 0 Å². The van der Waals surface area contributed by atoms with Gasteiger partial charge in [-0.15, -0.1) is 0 Å². The highest BCUT2D eigenvalue weighted by molar-refractivity contribution is 5.44. The van der Waals surface area contributed by atoms with Gasteiger partial charge in [-0.1, -0.05) is 13.0 Å². The molecule has 0 spiro atoms. The van der Waals surface area contributed by atoms with Crippen molar-refractivity contribution in [3.05, 3.63) is 47.0 Å². The standard InChI is InChI=1S/C16H21FN4/c1-3-4-15-20-14(18)10-16(21-15)19-8-7-12-5-6-13(17)9-11(12)2/h5-6,9-10H,3-4,7-8H2,1-2H3,(H3,18,19,20,21). The number of benzene rings is 1. The van der Waals surface area contributed by atoms with Crippen LogP contribution in [0.15, 0.2) is 24.3 Å². The van der Waals surface area contributed by atoms with Gasteiger partial charge in [0.05, 0.1) is 0 Å². The lowest BCUT2D eigenvalue weighted by atomic mass is 10.1. The van der Waals surface area contributed by atoms with E-state index in [4.69, 9.17) is 5.73 Å². The van der Waals surface area contributed by atoms with Crippen molar-refractivity contribution in [1.82, 2.24) is 9.97 Å². The van der Waals surface area contributed by atoms with Crippen LogP contribution in [0.1, 0.15) is 30.3 Å². The first kappa shape index (κ1) is 15.2. The summed E-state index contributed by atoms with van der Waals surface area (Å²) in [5, 5.41) is 3.25. The van der Waals surface area contributed by atoms with E-state index in [0.717, 1.165) is 42.0 Å². The second kappa shape index (κ2) is 7.02. The van der Waals surface area contributed by atoms with Gasteiger partial charge in [0, 0.05) is 19.0 Å². The van der Waals surface area contributed by atoms with Gasteiger partial charge in [-0.2, -0.15) is 0 Å². The highest BCUT2D eigenvalue weighted by atomic mass is 19.1. The van der Waals surface area contributed by atoms with Gasteiger partial charge in [-0.25, -0.2) is 14.4 Å². The first-order valence-corrected chi connectivity index (χ1v) is 7.21. The zero-order valence-electron chi connectivity index (χ0n) is 12.5. The summed E-state index contributed by atoms with van der Waals surface area (Å²) in [7, 11) is 0. The average molecular weight is 288 g/mol. The number of halogens is 1. The van der Waals surface area contributed by atoms with Crippen molar-refractivity contribution >= 4 is 11.6 Å². The van der Waals surface area contributed by atoms with E-state index in [1.807, 2.05) is 13.0 Å². The van der Waals surface area contributed by atoms with Crippen LogP contribution in [-0.2, 0) is 12.8 Å². The van der Waals surface area contributed by atoms with Crippen LogP contribution in [0.25, 0.3) is 0 Å². The zero-order valence-corrected chi connectivity index (χ0v) is 12.5. The van der Waals surface area contributed by atoms with Crippen molar-refractivity contribution < 1.29 is 4.39 Å². The number of nitrogens with one attached hydrogen (secondary N) is 1. The predicted octanol–water partition coefficient (Wildman–Crippen LogP) is 3.11. The third-order valence-electron chi connectivity index (χ3n) is 3.27. The molecule has 0 saturated carbocycles. The minimum atomic E-state index is -0.197. The molecule has 0 atom stereocenters. The van der Waals surface area contributed by atoms with E-state index in [0.29, 0.717) is 12.4 Å². The summed E-state index contributed by atoms with van der Waals surface area (Å²) in [5.74, 6) is 1.79. The number of nitrogens with two attached hydrogens (primary N) is 1. The molecule has 1 aromatic carbocycles. The zero-order chi connectivity index (χ0) is 15.2. The van der Waals surface area contributed by atoms with Crippen molar-refractivity contribution in [2.45, 2.75) is 33.1 Å². The van der Waals surface area contributed by atoms with Gasteiger partial charge in [0.25, 0.3) is 0 Å². The Morgan fingerprint density at radius 3 is 2.71 bits per heavy atom. The third-order valence-corrected chi connectivity index (χ3v) is 3.27. The number of rotatable bonds is 6. The lowest BCUT2D eigenvalue weighted by Crippen LogP contribution is -2.10. The second-order valence-corrected chi connectivity index (χ2v) is 5.09. The Morgan fingerprint density at radius 2 is 2.00 bits per heavy atom. The number of hydrogen-bond donors (Lipinski definition) is 2. The number of aromatic nitrogens is 2. The minimum Gasteiger partial charge on any atom is -0.384 e. The van der Waals surface area contributed by atoms with Crippen LogP contribution >= 0.6 is 0 Å². The predicted molar refractivity (Wildman–Crippen MR) is 83.8 cm³/mol. The van der Waals surface area contributed by atoms with Crippen LogP contribution in [-0.4, -0.2) is 16.5 Å². The van der Waals surface area contributed by atoms with Gasteiger partial charge in [0.1, 0.15) is 23.3 Å². The summed E-state index contributed by atoms with van der Waals surface area (Å²) < 4.78 is 13.0. The SMILES string of the molecule is CCCc1nc(N)cc(NCCc2ccc(F)cc2C)n1. The maximum Gasteiger partial charge on any atom is 0.133 e. The van der Waals surface area contributed by atoms with Gasteiger partial charge >= 0.3 is 0 Å². The van der Waals surface area contributed by atoms with Gasteiger partial charge in [-0.3, -0.25) is 0 Å². The van der Waals surface area contributed by atoms with E-state index in [-0.39, 0.29) is 5.82 Å². The highest BCUT2D eigenvalue weighted by Crippen LogP contribution is 2.13. The molecule has 1 heterocycles. The molecule has 4 nitrogen and oxygen atoms in total. The summed E-state index contributed by atoms with van der Waals surface area (Å²) in [6.07, 6.45) is 2.60. The number of anilines is 2. The van der Waals surface area contributed by atoms with Crippen molar-refractivity contribution in [1.29, 1.82) is 0 Å². The van der Waals surface area contributed by atoms with Crippen LogP contribution in [0.5, 0.6) is 0 Å². The molecule has 2 aromatic rings. The molecule has 0 radical (unpaired) electrons. The highest BCUT2D eigenvalue weighted by Gasteiger charge is 2.03. The quantitative estimate of drug-likeness (QED) is 0.857. The topological polar surface area (TPSA) is 63.8 Å². The summed E-state index contributed by atoms with van der Waals surface area (Å²) in [6, 6.07) is 6.60. The Bertz CT molecular complexity index is 613. The molecule has 5 heteroatoms. The molecule has 0 aliphatic carbocycles. The molecule has 2 rings (SSSR count). The van der Waals surface area contributed by atoms with Crippen LogP contribution < -0.4 is 11.1 Å². The molecule has 0 amide bonds. The van der Waals surface area contributed by atoms with Crippen LogP contribution in [0.4, 0.5) is 16.0 Å². The molecular weight excluding hydrogens is 267 g/mol. The van der Waals surface area contributed by atoms with Gasteiger partial charge in [0.15, 0.2) is 0 Å². The third kappa shape index (κ3) is 4.41. The number of aryl methyl sites for hydroxylation is 2. The van der Waals surface area contributed by atoms with E-state index < -0.39 is 0 Å². The molecule has 0 aliphatic heterocycles. The van der Waals surface area contributed by atoms with Gasteiger partial charge in [-0.05, 0) is 43.0 Å². The van der Waals surface area contributed by atoms with Gasteiger partial charge < -0.3 is 11.1 Å². The lowest BCUT2D eigenvalue weighted by Gasteiger charge is -2.09. The summed E-state index contributed by atoms with van der Waals surface area (Å²) >= 11 is 0. The smallest absolute Gasteiger partial charge is 0.133 e. The molecule has 112 valence electrons.